The fraction of sp³-hybridized carbons (Fsp3) is 0.582. The van der Waals surface area contributed by atoms with E-state index in [4.69, 9.17) is 15.2 Å². The molecule has 1 unspecified atom stereocenters. The van der Waals surface area contributed by atoms with Gasteiger partial charge in [-0.3, -0.25) is 33.6 Å². The zero-order valence-electron chi connectivity index (χ0n) is 45.6. The monoisotopic (exact) mass is 1090 g/mol. The van der Waals surface area contributed by atoms with Crippen molar-refractivity contribution in [2.45, 2.75) is 174 Å². The van der Waals surface area contributed by atoms with E-state index in [2.05, 4.69) is 26.3 Å². The van der Waals surface area contributed by atoms with E-state index >= 15 is 4.39 Å². The molecular weight excluding hydrogens is 1010 g/mol. The summed E-state index contributed by atoms with van der Waals surface area (Å²) in [6, 6.07) is 6.45. The molecule has 0 aliphatic carbocycles. The number of aliphatic hydroxyl groups is 1. The number of β-amino-alcohol motifs (C(OH)–C–C–N with tert-alkyl or cyclic N) is 1. The summed E-state index contributed by atoms with van der Waals surface area (Å²) in [6.45, 7) is 15.4. The van der Waals surface area contributed by atoms with Gasteiger partial charge in [0.1, 0.15) is 36.4 Å². The minimum atomic E-state index is -1.21. The summed E-state index contributed by atoms with van der Waals surface area (Å²) < 4.78 is 27.4. The average molecular weight is 1090 g/mol. The van der Waals surface area contributed by atoms with E-state index in [0.717, 1.165) is 21.7 Å². The highest BCUT2D eigenvalue weighted by molar-refractivity contribution is 7.13. The SMILES string of the molecule is CC(=O)N1CC[C@H]2CC[C@@H](C(=O)N[C@@H](CCC(N)=O)COc3cccc(CCCC(=O)N[C@H](C(=O)N4C[C@H](O)CC4C(=O)N[C@@H](C)c4ccc(-c5scnc5C)cc4)C(C)(C)C)c3F)N2C(=O)[C@@H](NC(=O)OC(C)(C)C)C1. The molecule has 2 aromatic carbocycles. The van der Waals surface area contributed by atoms with Crippen molar-refractivity contribution in [1.82, 2.24) is 41.0 Å². The molecule has 8 amide bonds. The fourth-order valence-corrected chi connectivity index (χ4v) is 10.8. The van der Waals surface area contributed by atoms with Crippen molar-refractivity contribution in [3.63, 3.8) is 0 Å². The number of likely N-dealkylation sites (tertiary alicyclic amines) is 1. The number of thiazole rings is 1. The molecule has 0 radical (unpaired) electrons. The summed E-state index contributed by atoms with van der Waals surface area (Å²) >= 11 is 1.55. The summed E-state index contributed by atoms with van der Waals surface area (Å²) in [5.74, 6) is -4.27. The van der Waals surface area contributed by atoms with Gasteiger partial charge in [0, 0.05) is 45.3 Å². The van der Waals surface area contributed by atoms with Crippen LogP contribution in [0, 0.1) is 18.2 Å². The predicted molar refractivity (Wildman–Crippen MR) is 285 cm³/mol. The van der Waals surface area contributed by atoms with Gasteiger partial charge < -0.3 is 56.3 Å². The third-order valence-corrected chi connectivity index (χ3v) is 15.1. The second-order valence-corrected chi connectivity index (χ2v) is 23.3. The largest absolute Gasteiger partial charge is 0.488 e. The standard InChI is InChI=1S/C55H76FN9O11S/c1-31(34-16-18-36(19-17-34)47-32(2)58-30-77-47)59-50(71)42-26-39(67)27-64(42)52(73)48(54(4,5)6)62-45(69)15-11-13-35-12-10-14-43(46(35)56)75-29-37(20-23-44(57)68)60-49(70)41-22-21-38-24-25-63(33(3)66)28-40(51(72)65(38)41)61-53(74)76-55(7,8)9/h10,12,14,16-19,30-31,37-42,48,67H,11,13,15,20-29H2,1-9H3,(H2,57,68)(H,59,71)(H,60,70)(H,61,74)(H,62,69)/t31-,37-,38+,39+,40-,41-,42?,48+/m0/s1. The molecule has 77 heavy (non-hydrogen) atoms. The van der Waals surface area contributed by atoms with Crippen LogP contribution in [0.15, 0.2) is 48.0 Å². The molecule has 3 saturated heterocycles. The number of aromatic nitrogens is 1. The molecule has 6 rings (SSSR count). The number of amides is 8. The third-order valence-electron chi connectivity index (χ3n) is 14.1. The molecule has 20 nitrogen and oxygen atoms in total. The molecule has 0 bridgehead atoms. The lowest BCUT2D eigenvalue weighted by Crippen LogP contribution is -2.61. The Morgan fingerprint density at radius 3 is 2.26 bits per heavy atom. The van der Waals surface area contributed by atoms with Crippen LogP contribution in [0.4, 0.5) is 9.18 Å². The molecule has 22 heteroatoms. The summed E-state index contributed by atoms with van der Waals surface area (Å²) in [5.41, 5.74) is 8.65. The summed E-state index contributed by atoms with van der Waals surface area (Å²) in [5, 5.41) is 22.1. The molecule has 3 aliphatic heterocycles. The van der Waals surface area contributed by atoms with Crippen molar-refractivity contribution in [3.05, 3.63) is 70.6 Å². The Balaban J connectivity index is 1.04. The first-order chi connectivity index (χ1) is 36.2. The number of hydrogen-bond acceptors (Lipinski definition) is 13. The Hall–Kier alpha value is -6.68. The van der Waals surface area contributed by atoms with Gasteiger partial charge in [-0.2, -0.15) is 0 Å². The lowest BCUT2D eigenvalue weighted by Gasteiger charge is -2.38. The molecule has 3 aromatic rings. The number of ether oxygens (including phenoxy) is 2. The molecule has 0 saturated carbocycles. The lowest BCUT2D eigenvalue weighted by molar-refractivity contribution is -0.145. The van der Waals surface area contributed by atoms with Gasteiger partial charge >= 0.3 is 6.09 Å². The number of fused-ring (bicyclic) bond motifs is 1. The van der Waals surface area contributed by atoms with E-state index in [9.17, 15) is 43.5 Å². The Labute approximate surface area is 453 Å². The van der Waals surface area contributed by atoms with Crippen LogP contribution in [0.3, 0.4) is 0 Å². The lowest BCUT2D eigenvalue weighted by atomic mass is 9.85. The second-order valence-electron chi connectivity index (χ2n) is 22.4. The molecule has 3 fully saturated rings. The normalized spacial score (nSPS) is 20.9. The zero-order chi connectivity index (χ0) is 56.5. The van der Waals surface area contributed by atoms with Crippen molar-refractivity contribution >= 4 is 58.8 Å². The number of carbonyl (C=O) groups is 8. The van der Waals surface area contributed by atoms with Gasteiger partial charge in [-0.25, -0.2) is 14.2 Å². The van der Waals surface area contributed by atoms with E-state index in [1.165, 1.54) is 27.7 Å². The van der Waals surface area contributed by atoms with Crippen LogP contribution in [0.5, 0.6) is 5.75 Å². The van der Waals surface area contributed by atoms with Crippen LogP contribution < -0.4 is 31.7 Å². The highest BCUT2D eigenvalue weighted by atomic mass is 32.1. The number of alkyl carbamates (subject to hydrolysis) is 1. The Morgan fingerprint density at radius 1 is 0.922 bits per heavy atom. The minimum absolute atomic E-state index is 0.0275. The van der Waals surface area contributed by atoms with Gasteiger partial charge in [0.2, 0.25) is 41.4 Å². The molecular formula is C55H76FN9O11S. The van der Waals surface area contributed by atoms with E-state index in [1.807, 2.05) is 38.1 Å². The number of aryl methyl sites for hydroxylation is 2. The van der Waals surface area contributed by atoms with Crippen LogP contribution in [-0.2, 0) is 44.7 Å². The van der Waals surface area contributed by atoms with Gasteiger partial charge in [0.15, 0.2) is 11.6 Å². The number of nitrogens with two attached hydrogens (primary N) is 1. The second kappa shape index (κ2) is 25.6. The van der Waals surface area contributed by atoms with E-state index in [1.54, 1.807) is 70.5 Å². The summed E-state index contributed by atoms with van der Waals surface area (Å²) in [7, 11) is 0. The first-order valence-corrected chi connectivity index (χ1v) is 27.2. The van der Waals surface area contributed by atoms with Crippen LogP contribution >= 0.6 is 11.3 Å². The van der Waals surface area contributed by atoms with Gasteiger partial charge in [-0.05, 0) is 101 Å². The smallest absolute Gasteiger partial charge is 0.408 e. The van der Waals surface area contributed by atoms with Gasteiger partial charge in [0.05, 0.1) is 40.8 Å². The number of hydrogen-bond donors (Lipinski definition) is 6. The topological polar surface area (TPSA) is 272 Å². The number of rotatable bonds is 19. The van der Waals surface area contributed by atoms with Gasteiger partial charge in [-0.1, -0.05) is 57.2 Å². The van der Waals surface area contributed by atoms with Crippen LogP contribution in [-0.4, -0.2) is 146 Å². The van der Waals surface area contributed by atoms with E-state index < -0.39 is 107 Å². The van der Waals surface area contributed by atoms with Crippen molar-refractivity contribution in [2.75, 3.05) is 26.2 Å². The van der Waals surface area contributed by atoms with Crippen molar-refractivity contribution in [2.24, 2.45) is 11.1 Å². The first-order valence-electron chi connectivity index (χ1n) is 26.4. The maximum atomic E-state index is 16.1. The molecule has 4 heterocycles. The number of benzene rings is 2. The number of primary amides is 1. The molecule has 1 aromatic heterocycles. The number of carbonyl (C=O) groups excluding carboxylic acids is 8. The number of nitrogens with one attached hydrogen (secondary N) is 4. The Bertz CT molecular complexity index is 2640. The quantitative estimate of drug-likeness (QED) is 0.0963. The van der Waals surface area contributed by atoms with Crippen molar-refractivity contribution < 1.29 is 57.3 Å². The molecule has 0 spiro atoms. The third kappa shape index (κ3) is 16.0. The molecule has 3 aliphatic rings. The van der Waals surface area contributed by atoms with E-state index in [0.29, 0.717) is 12.8 Å². The first kappa shape index (κ1) is 59.6. The average Bonchev–Trinajstić information content (AvgIpc) is 4.12. The van der Waals surface area contributed by atoms with Crippen molar-refractivity contribution in [3.8, 4) is 16.2 Å². The Kier molecular flexibility index (Phi) is 19.8. The molecule has 7 N–H and O–H groups in total. The predicted octanol–water partition coefficient (Wildman–Crippen LogP) is 4.58. The molecule has 8 atom stereocenters. The zero-order valence-corrected chi connectivity index (χ0v) is 46.4. The highest BCUT2D eigenvalue weighted by Crippen LogP contribution is 2.32. The molecule has 420 valence electrons. The van der Waals surface area contributed by atoms with Crippen LogP contribution in [0.25, 0.3) is 10.4 Å². The maximum Gasteiger partial charge on any atom is 0.408 e. The van der Waals surface area contributed by atoms with E-state index in [-0.39, 0.29) is 88.4 Å². The van der Waals surface area contributed by atoms with Crippen molar-refractivity contribution in [1.29, 1.82) is 0 Å². The number of halogens is 1. The van der Waals surface area contributed by atoms with Gasteiger partial charge in [0.25, 0.3) is 0 Å². The number of nitrogens with zero attached hydrogens (tertiary/aromatic N) is 4. The highest BCUT2D eigenvalue weighted by Gasteiger charge is 2.47. The summed E-state index contributed by atoms with van der Waals surface area (Å²) in [4.78, 5) is 117. The summed E-state index contributed by atoms with van der Waals surface area (Å²) in [6.07, 6.45) is -0.543. The Morgan fingerprint density at radius 2 is 1.62 bits per heavy atom. The van der Waals surface area contributed by atoms with Gasteiger partial charge in [-0.15, -0.1) is 11.3 Å². The number of aliphatic hydroxyl groups excluding tert-OH is 1. The minimum Gasteiger partial charge on any atom is -0.488 e. The fourth-order valence-electron chi connectivity index (χ4n) is 10.0. The van der Waals surface area contributed by atoms with Crippen LogP contribution in [0.1, 0.15) is 130 Å². The maximum absolute atomic E-state index is 16.1. The van der Waals surface area contributed by atoms with Crippen LogP contribution in [0.2, 0.25) is 0 Å².